The molecular weight excluding hydrogens is 334 g/mol. The van der Waals surface area contributed by atoms with Gasteiger partial charge in [0.2, 0.25) is 0 Å². The van der Waals surface area contributed by atoms with Crippen LogP contribution in [0, 0.1) is 0 Å². The summed E-state index contributed by atoms with van der Waals surface area (Å²) in [5.41, 5.74) is 9.28. The molecule has 0 aliphatic heterocycles. The summed E-state index contributed by atoms with van der Waals surface area (Å²) in [6, 6.07) is 2.01. The van der Waals surface area contributed by atoms with Crippen molar-refractivity contribution < 1.29 is 0 Å². The van der Waals surface area contributed by atoms with Crippen molar-refractivity contribution in [1.82, 2.24) is 9.78 Å². The van der Waals surface area contributed by atoms with Crippen LogP contribution in [0.3, 0.4) is 0 Å². The Morgan fingerprint density at radius 1 is 1.61 bits per heavy atom. The maximum atomic E-state index is 6.32. The second-order valence-electron chi connectivity index (χ2n) is 4.18. The molecule has 0 aromatic carbocycles. The number of nitrogens with zero attached hydrogens (tertiary/aromatic N) is 2. The second-order valence-corrected chi connectivity index (χ2v) is 6.85. The van der Waals surface area contributed by atoms with Crippen LogP contribution in [0.5, 0.6) is 0 Å². The van der Waals surface area contributed by atoms with Gasteiger partial charge in [-0.1, -0.05) is 18.5 Å². The summed E-state index contributed by atoms with van der Waals surface area (Å²) in [4.78, 5) is 0. The van der Waals surface area contributed by atoms with Crippen molar-refractivity contribution in [3.05, 3.63) is 37.2 Å². The van der Waals surface area contributed by atoms with E-state index in [1.54, 1.807) is 11.3 Å². The lowest BCUT2D eigenvalue weighted by molar-refractivity contribution is 0.639. The van der Waals surface area contributed by atoms with E-state index in [2.05, 4.69) is 32.5 Å². The SMILES string of the molecule is CCc1nn(C)c(CC(N)c2csc(Br)c2)c1Cl. The summed E-state index contributed by atoms with van der Waals surface area (Å²) in [5.74, 6) is 0. The molecule has 0 radical (unpaired) electrons. The van der Waals surface area contributed by atoms with E-state index in [1.165, 1.54) is 0 Å². The van der Waals surface area contributed by atoms with Gasteiger partial charge < -0.3 is 5.73 Å². The first-order chi connectivity index (χ1) is 8.52. The molecule has 98 valence electrons. The zero-order chi connectivity index (χ0) is 13.3. The van der Waals surface area contributed by atoms with Gasteiger partial charge in [-0.25, -0.2) is 0 Å². The van der Waals surface area contributed by atoms with Gasteiger partial charge in [-0.05, 0) is 39.4 Å². The van der Waals surface area contributed by atoms with Crippen molar-refractivity contribution in [3.63, 3.8) is 0 Å². The Labute approximate surface area is 124 Å². The molecule has 3 nitrogen and oxygen atoms in total. The number of hydrogen-bond donors (Lipinski definition) is 1. The molecule has 0 amide bonds. The quantitative estimate of drug-likeness (QED) is 0.915. The fourth-order valence-electron chi connectivity index (χ4n) is 1.89. The van der Waals surface area contributed by atoms with Crippen molar-refractivity contribution in [3.8, 4) is 0 Å². The lowest BCUT2D eigenvalue weighted by atomic mass is 10.1. The third kappa shape index (κ3) is 2.79. The highest BCUT2D eigenvalue weighted by atomic mass is 79.9. The van der Waals surface area contributed by atoms with Crippen molar-refractivity contribution >= 4 is 38.9 Å². The smallest absolute Gasteiger partial charge is 0.0850 e. The molecule has 2 heterocycles. The predicted molar refractivity (Wildman–Crippen MR) is 80.2 cm³/mol. The summed E-state index contributed by atoms with van der Waals surface area (Å²) in [6.45, 7) is 2.05. The summed E-state index contributed by atoms with van der Waals surface area (Å²) < 4.78 is 2.93. The number of hydrogen-bond acceptors (Lipinski definition) is 3. The van der Waals surface area contributed by atoms with Crippen molar-refractivity contribution in [2.45, 2.75) is 25.8 Å². The van der Waals surface area contributed by atoms with Crippen molar-refractivity contribution in [2.75, 3.05) is 0 Å². The first-order valence-electron chi connectivity index (χ1n) is 5.72. The normalized spacial score (nSPS) is 12.9. The van der Waals surface area contributed by atoms with Gasteiger partial charge in [-0.3, -0.25) is 4.68 Å². The van der Waals surface area contributed by atoms with Crippen LogP contribution < -0.4 is 5.73 Å². The lowest BCUT2D eigenvalue weighted by Gasteiger charge is -2.10. The number of halogens is 2. The molecule has 0 aliphatic carbocycles. The van der Waals surface area contributed by atoms with Crippen LogP contribution >= 0.6 is 38.9 Å². The zero-order valence-corrected chi connectivity index (χ0v) is 13.4. The molecule has 0 fully saturated rings. The molecule has 0 spiro atoms. The molecule has 0 saturated heterocycles. The molecule has 1 atom stereocenters. The zero-order valence-electron chi connectivity index (χ0n) is 10.3. The standard InChI is InChI=1S/C12H15BrClN3S/c1-3-9-12(14)10(17(2)16-9)5-8(15)7-4-11(13)18-6-7/h4,6,8H,3,5,15H2,1-2H3. The van der Waals surface area contributed by atoms with Crippen molar-refractivity contribution in [1.29, 1.82) is 0 Å². The molecule has 0 bridgehead atoms. The van der Waals surface area contributed by atoms with Crippen LogP contribution in [0.15, 0.2) is 15.2 Å². The minimum atomic E-state index is -0.0508. The van der Waals surface area contributed by atoms with Gasteiger partial charge in [0.1, 0.15) is 0 Å². The van der Waals surface area contributed by atoms with E-state index in [9.17, 15) is 0 Å². The minimum Gasteiger partial charge on any atom is -0.324 e. The van der Waals surface area contributed by atoms with Gasteiger partial charge in [0.25, 0.3) is 0 Å². The number of thiophene rings is 1. The lowest BCUT2D eigenvalue weighted by Crippen LogP contribution is -2.14. The molecule has 6 heteroatoms. The predicted octanol–water partition coefficient (Wildman–Crippen LogP) is 3.70. The van der Waals surface area contributed by atoms with Gasteiger partial charge in [0.05, 0.1) is 20.2 Å². The largest absolute Gasteiger partial charge is 0.324 e. The van der Waals surface area contributed by atoms with Crippen LogP contribution in [0.1, 0.15) is 29.9 Å². The number of rotatable bonds is 4. The Morgan fingerprint density at radius 3 is 2.83 bits per heavy atom. The Kier molecular flexibility index (Phi) is 4.48. The summed E-state index contributed by atoms with van der Waals surface area (Å²) in [7, 11) is 1.91. The summed E-state index contributed by atoms with van der Waals surface area (Å²) >= 11 is 11.4. The monoisotopic (exact) mass is 347 g/mol. The van der Waals surface area contributed by atoms with Crippen LogP contribution in [0.25, 0.3) is 0 Å². The van der Waals surface area contributed by atoms with Gasteiger partial charge in [-0.15, -0.1) is 11.3 Å². The highest BCUT2D eigenvalue weighted by Gasteiger charge is 2.17. The number of nitrogens with two attached hydrogens (primary N) is 1. The Hall–Kier alpha value is -0.360. The first kappa shape index (κ1) is 14.1. The maximum Gasteiger partial charge on any atom is 0.0850 e. The molecule has 2 N–H and O–H groups in total. The Bertz CT molecular complexity index is 550. The highest BCUT2D eigenvalue weighted by Crippen LogP contribution is 2.29. The summed E-state index contributed by atoms with van der Waals surface area (Å²) in [6.07, 6.45) is 1.54. The molecule has 2 rings (SSSR count). The molecule has 0 aliphatic rings. The number of aryl methyl sites for hydroxylation is 2. The second kappa shape index (κ2) is 5.74. The molecule has 2 aromatic rings. The van der Waals surface area contributed by atoms with Gasteiger partial charge >= 0.3 is 0 Å². The van der Waals surface area contributed by atoms with E-state index in [1.807, 2.05) is 18.7 Å². The average Bonchev–Trinajstić information content (AvgIpc) is 2.87. The van der Waals surface area contributed by atoms with E-state index < -0.39 is 0 Å². The molecule has 18 heavy (non-hydrogen) atoms. The fraction of sp³-hybridized carbons (Fsp3) is 0.417. The number of aromatic nitrogens is 2. The third-order valence-electron chi connectivity index (χ3n) is 2.93. The van der Waals surface area contributed by atoms with E-state index in [0.29, 0.717) is 6.42 Å². The third-order valence-corrected chi connectivity index (χ3v) is 4.89. The van der Waals surface area contributed by atoms with Gasteiger partial charge in [-0.2, -0.15) is 5.10 Å². The van der Waals surface area contributed by atoms with Gasteiger partial charge in [0, 0.05) is 19.5 Å². The first-order valence-corrected chi connectivity index (χ1v) is 7.77. The topological polar surface area (TPSA) is 43.8 Å². The molecule has 1 unspecified atom stereocenters. The highest BCUT2D eigenvalue weighted by molar-refractivity contribution is 9.11. The Balaban J connectivity index is 2.21. The molecular formula is C12H15BrClN3S. The van der Waals surface area contributed by atoms with Crippen LogP contribution in [-0.4, -0.2) is 9.78 Å². The van der Waals surface area contributed by atoms with Crippen LogP contribution in [-0.2, 0) is 19.9 Å². The van der Waals surface area contributed by atoms with E-state index in [4.69, 9.17) is 17.3 Å². The van der Waals surface area contributed by atoms with Gasteiger partial charge in [0.15, 0.2) is 0 Å². The van der Waals surface area contributed by atoms with Crippen LogP contribution in [0.2, 0.25) is 5.02 Å². The van der Waals surface area contributed by atoms with E-state index >= 15 is 0 Å². The Morgan fingerprint density at radius 2 is 2.33 bits per heavy atom. The van der Waals surface area contributed by atoms with Crippen molar-refractivity contribution in [2.24, 2.45) is 12.8 Å². The van der Waals surface area contributed by atoms with E-state index in [0.717, 1.165) is 32.2 Å². The van der Waals surface area contributed by atoms with Crippen LogP contribution in [0.4, 0.5) is 0 Å². The average molecular weight is 349 g/mol. The summed E-state index contributed by atoms with van der Waals surface area (Å²) in [5, 5.41) is 7.23. The molecule has 2 aromatic heterocycles. The van der Waals surface area contributed by atoms with E-state index in [-0.39, 0.29) is 6.04 Å². The molecule has 0 saturated carbocycles. The maximum absolute atomic E-state index is 6.32. The minimum absolute atomic E-state index is 0.0508. The fourth-order valence-corrected chi connectivity index (χ4v) is 3.50.